The summed E-state index contributed by atoms with van der Waals surface area (Å²) in [6, 6.07) is 16.1. The van der Waals surface area contributed by atoms with Crippen molar-refractivity contribution in [2.45, 2.75) is 12.3 Å². The molecular formula is C19H13BrN4OS. The number of amides is 1. The van der Waals surface area contributed by atoms with Gasteiger partial charge in [0.05, 0.1) is 16.4 Å². The highest BCUT2D eigenvalue weighted by molar-refractivity contribution is 9.10. The minimum absolute atomic E-state index is 0.00895. The molecule has 0 saturated heterocycles. The first-order chi connectivity index (χ1) is 12.7. The van der Waals surface area contributed by atoms with Crippen LogP contribution in [0.5, 0.6) is 0 Å². The summed E-state index contributed by atoms with van der Waals surface area (Å²) in [5.41, 5.74) is 3.05. The minimum Gasteiger partial charge on any atom is -0.310 e. The molecule has 1 atom stereocenters. The Kier molecular flexibility index (Phi) is 3.65. The molecule has 0 bridgehead atoms. The van der Waals surface area contributed by atoms with Crippen molar-refractivity contribution in [1.82, 2.24) is 14.8 Å². The monoisotopic (exact) mass is 424 g/mol. The summed E-state index contributed by atoms with van der Waals surface area (Å²) in [6.07, 6.45) is 2.25. The topological polar surface area (TPSA) is 59.8 Å². The van der Waals surface area contributed by atoms with Crippen LogP contribution in [0.15, 0.2) is 59.2 Å². The van der Waals surface area contributed by atoms with Crippen LogP contribution in [0.4, 0.5) is 5.82 Å². The number of fused-ring (bicyclic) bond motifs is 2. The highest BCUT2D eigenvalue weighted by Gasteiger charge is 2.31. The number of carbonyl (C=O) groups is 1. The second-order valence-corrected chi connectivity index (χ2v) is 8.11. The van der Waals surface area contributed by atoms with Crippen molar-refractivity contribution < 1.29 is 4.79 Å². The van der Waals surface area contributed by atoms with E-state index in [1.54, 1.807) is 16.0 Å². The zero-order chi connectivity index (χ0) is 17.7. The van der Waals surface area contributed by atoms with Gasteiger partial charge in [0.1, 0.15) is 5.82 Å². The van der Waals surface area contributed by atoms with E-state index in [-0.39, 0.29) is 11.8 Å². The van der Waals surface area contributed by atoms with Crippen LogP contribution in [0.2, 0.25) is 0 Å². The molecule has 2 aromatic heterocycles. The summed E-state index contributed by atoms with van der Waals surface area (Å²) in [4.78, 5) is 17.0. The summed E-state index contributed by atoms with van der Waals surface area (Å²) in [7, 11) is 0. The molecule has 0 unspecified atom stereocenters. The maximum Gasteiger partial charge on any atom is 0.226 e. The van der Waals surface area contributed by atoms with E-state index < -0.39 is 0 Å². The number of rotatable bonds is 2. The average Bonchev–Trinajstić information content (AvgIpc) is 3.24. The van der Waals surface area contributed by atoms with Crippen LogP contribution in [0.3, 0.4) is 0 Å². The average molecular weight is 425 g/mol. The summed E-state index contributed by atoms with van der Waals surface area (Å²) < 4.78 is 3.83. The number of benzene rings is 2. The van der Waals surface area contributed by atoms with Crippen LogP contribution in [-0.4, -0.2) is 20.7 Å². The molecule has 0 spiro atoms. The van der Waals surface area contributed by atoms with Gasteiger partial charge in [-0.1, -0.05) is 51.5 Å². The fourth-order valence-corrected chi connectivity index (χ4v) is 4.68. The third kappa shape index (κ3) is 2.55. The smallest absolute Gasteiger partial charge is 0.226 e. The highest BCUT2D eigenvalue weighted by Crippen LogP contribution is 2.39. The Morgan fingerprint density at radius 1 is 1.19 bits per heavy atom. The van der Waals surface area contributed by atoms with Crippen molar-refractivity contribution >= 4 is 49.2 Å². The second-order valence-electron chi connectivity index (χ2n) is 6.18. The largest absolute Gasteiger partial charge is 0.310 e. The number of anilines is 1. The van der Waals surface area contributed by atoms with Crippen molar-refractivity contribution in [3.05, 3.63) is 70.3 Å². The molecular weight excluding hydrogens is 412 g/mol. The third-order valence-electron chi connectivity index (χ3n) is 4.54. The number of halogens is 1. The lowest BCUT2D eigenvalue weighted by atomic mass is 9.87. The number of nitrogens with one attached hydrogen (secondary N) is 1. The van der Waals surface area contributed by atoms with Gasteiger partial charge in [-0.2, -0.15) is 9.78 Å². The Bertz CT molecular complexity index is 1120. The van der Waals surface area contributed by atoms with Crippen LogP contribution < -0.4 is 5.32 Å². The molecule has 7 heteroatoms. The number of thiazole rings is 1. The van der Waals surface area contributed by atoms with Gasteiger partial charge in [0.25, 0.3) is 0 Å². The predicted octanol–water partition coefficient (Wildman–Crippen LogP) is 4.72. The zero-order valence-electron chi connectivity index (χ0n) is 13.5. The molecule has 5 rings (SSSR count). The SMILES string of the molecule is O=C1C[C@@H](c2cccc(Br)c2)c2cnn(-c3nc4ccccc4s3)c2N1. The Morgan fingerprint density at radius 2 is 2.08 bits per heavy atom. The maximum atomic E-state index is 12.4. The van der Waals surface area contributed by atoms with Crippen molar-refractivity contribution in [3.63, 3.8) is 0 Å². The van der Waals surface area contributed by atoms with Gasteiger partial charge in [0.15, 0.2) is 0 Å². The standard InChI is InChI=1S/C19H13BrN4OS/c20-12-5-3-4-11(8-12)13-9-17(25)23-18-14(13)10-21-24(18)19-22-15-6-1-2-7-16(15)26-19/h1-8,10,13H,9H2,(H,23,25)/t13-/m0/s1. The number of hydrogen-bond donors (Lipinski definition) is 1. The first-order valence-corrected chi connectivity index (χ1v) is 9.79. The number of carbonyl (C=O) groups excluding carboxylic acids is 1. The second kappa shape index (κ2) is 6.03. The van der Waals surface area contributed by atoms with Crippen molar-refractivity contribution in [3.8, 4) is 5.13 Å². The van der Waals surface area contributed by atoms with E-state index in [4.69, 9.17) is 0 Å². The van der Waals surface area contributed by atoms with Crippen LogP contribution in [0.1, 0.15) is 23.5 Å². The number of aromatic nitrogens is 3. The number of nitrogens with zero attached hydrogens (tertiary/aromatic N) is 3. The molecule has 2 aromatic carbocycles. The first-order valence-electron chi connectivity index (χ1n) is 8.18. The lowest BCUT2D eigenvalue weighted by Gasteiger charge is -2.23. The van der Waals surface area contributed by atoms with Crippen LogP contribution in [0, 0.1) is 0 Å². The van der Waals surface area contributed by atoms with Gasteiger partial charge in [-0.25, -0.2) is 4.98 Å². The molecule has 1 amide bonds. The molecule has 1 N–H and O–H groups in total. The van der Waals surface area contributed by atoms with Crippen molar-refractivity contribution in [2.75, 3.05) is 5.32 Å². The normalized spacial score (nSPS) is 16.5. The van der Waals surface area contributed by atoms with E-state index in [9.17, 15) is 4.79 Å². The molecule has 0 aliphatic carbocycles. The summed E-state index contributed by atoms with van der Waals surface area (Å²) in [5, 5.41) is 8.27. The Labute approximate surface area is 161 Å². The zero-order valence-corrected chi connectivity index (χ0v) is 15.9. The molecule has 26 heavy (non-hydrogen) atoms. The van der Waals surface area contributed by atoms with Crippen molar-refractivity contribution in [1.29, 1.82) is 0 Å². The van der Waals surface area contributed by atoms with Crippen LogP contribution >= 0.6 is 27.3 Å². The molecule has 1 aliphatic heterocycles. The van der Waals surface area contributed by atoms with E-state index >= 15 is 0 Å². The minimum atomic E-state index is -0.0145. The molecule has 0 fully saturated rings. The Hall–Kier alpha value is -2.51. The molecule has 0 radical (unpaired) electrons. The van der Waals surface area contributed by atoms with E-state index in [0.29, 0.717) is 12.2 Å². The lowest BCUT2D eigenvalue weighted by Crippen LogP contribution is -2.24. The fourth-order valence-electron chi connectivity index (χ4n) is 3.34. The molecule has 0 saturated carbocycles. The van der Waals surface area contributed by atoms with Crippen LogP contribution in [-0.2, 0) is 4.79 Å². The van der Waals surface area contributed by atoms with E-state index in [1.807, 2.05) is 48.7 Å². The first kappa shape index (κ1) is 15.7. The van der Waals surface area contributed by atoms with Gasteiger partial charge < -0.3 is 5.32 Å². The van der Waals surface area contributed by atoms with Gasteiger partial charge in [0, 0.05) is 22.4 Å². The summed E-state index contributed by atoms with van der Waals surface area (Å²) >= 11 is 5.07. The fraction of sp³-hybridized carbons (Fsp3) is 0.105. The van der Waals surface area contributed by atoms with Gasteiger partial charge in [0.2, 0.25) is 11.0 Å². The highest BCUT2D eigenvalue weighted by atomic mass is 79.9. The molecule has 1 aliphatic rings. The van der Waals surface area contributed by atoms with E-state index in [0.717, 1.165) is 30.9 Å². The summed E-state index contributed by atoms with van der Waals surface area (Å²) in [5.74, 6) is 0.690. The number of hydrogen-bond acceptors (Lipinski definition) is 4. The Balaban J connectivity index is 1.64. The van der Waals surface area contributed by atoms with Crippen LogP contribution in [0.25, 0.3) is 15.3 Å². The summed E-state index contributed by atoms with van der Waals surface area (Å²) in [6.45, 7) is 0. The van der Waals surface area contributed by atoms with Gasteiger partial charge in [-0.05, 0) is 29.8 Å². The molecule has 4 aromatic rings. The van der Waals surface area contributed by atoms with Crippen molar-refractivity contribution in [2.24, 2.45) is 0 Å². The quantitative estimate of drug-likeness (QED) is 0.506. The molecule has 3 heterocycles. The van der Waals surface area contributed by atoms with E-state index in [2.05, 4.69) is 37.4 Å². The van der Waals surface area contributed by atoms with E-state index in [1.165, 1.54) is 0 Å². The number of para-hydroxylation sites is 1. The van der Waals surface area contributed by atoms with Gasteiger partial charge in [-0.3, -0.25) is 4.79 Å². The predicted molar refractivity (Wildman–Crippen MR) is 106 cm³/mol. The third-order valence-corrected chi connectivity index (χ3v) is 6.04. The van der Waals surface area contributed by atoms with Gasteiger partial charge in [-0.15, -0.1) is 0 Å². The maximum absolute atomic E-state index is 12.4. The molecule has 5 nitrogen and oxygen atoms in total. The lowest BCUT2D eigenvalue weighted by molar-refractivity contribution is -0.116. The Morgan fingerprint density at radius 3 is 2.92 bits per heavy atom. The van der Waals surface area contributed by atoms with Gasteiger partial charge >= 0.3 is 0 Å². The molecule has 128 valence electrons.